The number of benzene rings is 1. The summed E-state index contributed by atoms with van der Waals surface area (Å²) < 4.78 is 0. The summed E-state index contributed by atoms with van der Waals surface area (Å²) >= 11 is 0. The van der Waals surface area contributed by atoms with Gasteiger partial charge in [-0.2, -0.15) is 0 Å². The number of carbonyl (C=O) groups excluding carboxylic acids is 1. The predicted molar refractivity (Wildman–Crippen MR) is 72.5 cm³/mol. The van der Waals surface area contributed by atoms with Crippen molar-refractivity contribution >= 4 is 17.6 Å². The lowest BCUT2D eigenvalue weighted by molar-refractivity contribution is -0.137. The third kappa shape index (κ3) is 1.93. The Morgan fingerprint density at radius 1 is 1.25 bits per heavy atom. The molecule has 1 N–H and O–H groups in total. The third-order valence-corrected chi connectivity index (χ3v) is 3.37. The highest BCUT2D eigenvalue weighted by atomic mass is 16.4. The highest BCUT2D eigenvalue weighted by Gasteiger charge is 2.38. The molecule has 1 unspecified atom stereocenters. The van der Waals surface area contributed by atoms with E-state index in [0.717, 1.165) is 5.56 Å². The summed E-state index contributed by atoms with van der Waals surface area (Å²) in [5.74, 6) is -1.12. The molecular formula is C15H12N2O3. The number of aromatic nitrogens is 1. The molecule has 1 atom stereocenters. The Kier molecular flexibility index (Phi) is 2.95. The highest BCUT2D eigenvalue weighted by molar-refractivity contribution is 6.11. The maximum atomic E-state index is 12.5. The van der Waals surface area contributed by atoms with E-state index in [2.05, 4.69) is 4.98 Å². The van der Waals surface area contributed by atoms with E-state index in [1.807, 2.05) is 6.07 Å². The van der Waals surface area contributed by atoms with Crippen molar-refractivity contribution in [1.82, 2.24) is 4.98 Å². The van der Waals surface area contributed by atoms with Crippen LogP contribution in [0.4, 0.5) is 5.69 Å². The maximum absolute atomic E-state index is 12.5. The van der Waals surface area contributed by atoms with Gasteiger partial charge in [0.15, 0.2) is 0 Å². The summed E-state index contributed by atoms with van der Waals surface area (Å²) in [6.45, 7) is 0. The Balaban J connectivity index is 2.10. The molecule has 0 aliphatic carbocycles. The Labute approximate surface area is 115 Å². The lowest BCUT2D eigenvalue weighted by atomic mass is 10.0. The molecule has 5 nitrogen and oxygen atoms in total. The molecule has 100 valence electrons. The van der Waals surface area contributed by atoms with E-state index < -0.39 is 12.0 Å². The zero-order valence-corrected chi connectivity index (χ0v) is 10.6. The van der Waals surface area contributed by atoms with Crippen LogP contribution in [0.2, 0.25) is 0 Å². The molecule has 3 rings (SSSR count). The largest absolute Gasteiger partial charge is 0.481 e. The Morgan fingerprint density at radius 3 is 2.75 bits per heavy atom. The van der Waals surface area contributed by atoms with Crippen LogP contribution in [0, 0.1) is 0 Å². The van der Waals surface area contributed by atoms with Gasteiger partial charge in [0.25, 0.3) is 5.91 Å². The summed E-state index contributed by atoms with van der Waals surface area (Å²) in [5.41, 5.74) is 1.92. The number of nitrogens with zero attached hydrogens (tertiary/aromatic N) is 2. The number of amides is 1. The Morgan fingerprint density at radius 2 is 2.05 bits per heavy atom. The maximum Gasteiger partial charge on any atom is 0.305 e. The number of carboxylic acid groups (broad SMARTS) is 1. The van der Waals surface area contributed by atoms with Gasteiger partial charge < -0.3 is 5.11 Å². The van der Waals surface area contributed by atoms with E-state index in [4.69, 9.17) is 5.11 Å². The first kappa shape index (κ1) is 12.3. The van der Waals surface area contributed by atoms with Crippen LogP contribution in [0.5, 0.6) is 0 Å². The van der Waals surface area contributed by atoms with Crippen molar-refractivity contribution in [2.75, 3.05) is 4.90 Å². The van der Waals surface area contributed by atoms with E-state index >= 15 is 0 Å². The summed E-state index contributed by atoms with van der Waals surface area (Å²) in [6.07, 6.45) is 3.06. The van der Waals surface area contributed by atoms with Crippen molar-refractivity contribution in [3.8, 4) is 0 Å². The molecule has 0 spiro atoms. The van der Waals surface area contributed by atoms with Crippen LogP contribution in [0.25, 0.3) is 0 Å². The van der Waals surface area contributed by atoms with Crippen molar-refractivity contribution in [3.63, 3.8) is 0 Å². The number of carboxylic acids is 1. The van der Waals surface area contributed by atoms with Crippen molar-refractivity contribution < 1.29 is 14.7 Å². The van der Waals surface area contributed by atoms with Crippen LogP contribution >= 0.6 is 0 Å². The minimum atomic E-state index is -0.937. The van der Waals surface area contributed by atoms with Gasteiger partial charge in [-0.1, -0.05) is 18.2 Å². The molecule has 1 aliphatic heterocycles. The quantitative estimate of drug-likeness (QED) is 0.926. The van der Waals surface area contributed by atoms with E-state index in [1.54, 1.807) is 42.7 Å². The number of hydrogen-bond donors (Lipinski definition) is 1. The zero-order valence-electron chi connectivity index (χ0n) is 10.6. The molecule has 5 heteroatoms. The summed E-state index contributed by atoms with van der Waals surface area (Å²) in [6, 6.07) is 10.1. The van der Waals surface area contributed by atoms with Crippen LogP contribution in [0.15, 0.2) is 48.8 Å². The number of hydrogen-bond acceptors (Lipinski definition) is 3. The van der Waals surface area contributed by atoms with Crippen molar-refractivity contribution in [3.05, 3.63) is 59.9 Å². The van der Waals surface area contributed by atoms with Crippen LogP contribution in [0.3, 0.4) is 0 Å². The normalized spacial score (nSPS) is 17.1. The van der Waals surface area contributed by atoms with Gasteiger partial charge in [0.1, 0.15) is 0 Å². The van der Waals surface area contributed by atoms with Gasteiger partial charge in [0.05, 0.1) is 24.3 Å². The Hall–Kier alpha value is -2.69. The predicted octanol–water partition coefficient (Wildman–Crippen LogP) is 2.26. The topological polar surface area (TPSA) is 70.5 Å². The molecule has 0 saturated carbocycles. The van der Waals surface area contributed by atoms with Crippen molar-refractivity contribution in [1.29, 1.82) is 0 Å². The average molecular weight is 268 g/mol. The lowest BCUT2D eigenvalue weighted by Crippen LogP contribution is -2.29. The molecule has 0 saturated heterocycles. The monoisotopic (exact) mass is 268 g/mol. The number of aliphatic carboxylic acids is 1. The van der Waals surface area contributed by atoms with Gasteiger partial charge in [-0.25, -0.2) is 0 Å². The number of pyridine rings is 1. The summed E-state index contributed by atoms with van der Waals surface area (Å²) in [4.78, 5) is 29.1. The molecular weight excluding hydrogens is 256 g/mol. The molecule has 1 aromatic carbocycles. The van der Waals surface area contributed by atoms with Gasteiger partial charge in [-0.15, -0.1) is 0 Å². The van der Waals surface area contributed by atoms with E-state index in [-0.39, 0.29) is 12.3 Å². The zero-order chi connectivity index (χ0) is 14.1. The van der Waals surface area contributed by atoms with Crippen LogP contribution in [-0.2, 0) is 4.79 Å². The number of anilines is 1. The molecule has 0 bridgehead atoms. The van der Waals surface area contributed by atoms with Gasteiger partial charge in [0.2, 0.25) is 0 Å². The van der Waals surface area contributed by atoms with Crippen molar-refractivity contribution in [2.45, 2.75) is 12.5 Å². The molecule has 20 heavy (non-hydrogen) atoms. The SMILES string of the molecule is O=C(O)CC1c2ccccc2C(=O)N1c1cccnc1. The van der Waals surface area contributed by atoms with E-state index in [9.17, 15) is 9.59 Å². The molecule has 1 aliphatic rings. The van der Waals surface area contributed by atoms with Crippen LogP contribution < -0.4 is 4.90 Å². The second kappa shape index (κ2) is 4.77. The number of rotatable bonds is 3. The first-order chi connectivity index (χ1) is 9.68. The second-order valence-corrected chi connectivity index (χ2v) is 4.59. The first-order valence-electron chi connectivity index (χ1n) is 6.23. The van der Waals surface area contributed by atoms with E-state index in [0.29, 0.717) is 11.3 Å². The van der Waals surface area contributed by atoms with Gasteiger partial charge in [-0.05, 0) is 23.8 Å². The fraction of sp³-hybridized carbons (Fsp3) is 0.133. The second-order valence-electron chi connectivity index (χ2n) is 4.59. The summed E-state index contributed by atoms with van der Waals surface area (Å²) in [5, 5.41) is 9.10. The van der Waals surface area contributed by atoms with Gasteiger partial charge in [-0.3, -0.25) is 19.5 Å². The molecule has 2 heterocycles. The van der Waals surface area contributed by atoms with Gasteiger partial charge >= 0.3 is 5.97 Å². The standard InChI is InChI=1S/C15H12N2O3/c18-14(19)8-13-11-5-1-2-6-12(11)15(20)17(13)10-4-3-7-16-9-10/h1-7,9,13H,8H2,(H,18,19). The van der Waals surface area contributed by atoms with Crippen LogP contribution in [-0.4, -0.2) is 22.0 Å². The Bertz CT molecular complexity index is 670. The average Bonchev–Trinajstić information content (AvgIpc) is 2.73. The van der Waals surface area contributed by atoms with E-state index in [1.165, 1.54) is 4.90 Å². The van der Waals surface area contributed by atoms with Crippen LogP contribution in [0.1, 0.15) is 28.4 Å². The third-order valence-electron chi connectivity index (χ3n) is 3.37. The smallest absolute Gasteiger partial charge is 0.305 e. The summed E-state index contributed by atoms with van der Waals surface area (Å²) in [7, 11) is 0. The fourth-order valence-electron chi connectivity index (χ4n) is 2.55. The minimum Gasteiger partial charge on any atom is -0.481 e. The molecule has 1 amide bonds. The lowest BCUT2D eigenvalue weighted by Gasteiger charge is -2.23. The number of fused-ring (bicyclic) bond motifs is 1. The minimum absolute atomic E-state index is 0.127. The molecule has 0 fully saturated rings. The number of carbonyl (C=O) groups is 2. The molecule has 2 aromatic rings. The van der Waals surface area contributed by atoms with Crippen molar-refractivity contribution in [2.24, 2.45) is 0 Å². The highest BCUT2D eigenvalue weighted by Crippen LogP contribution is 2.38. The molecule has 0 radical (unpaired) electrons. The van der Waals surface area contributed by atoms with Gasteiger partial charge in [0, 0.05) is 11.8 Å². The first-order valence-corrected chi connectivity index (χ1v) is 6.23. The fourth-order valence-corrected chi connectivity index (χ4v) is 2.55. The molecule has 1 aromatic heterocycles.